The summed E-state index contributed by atoms with van der Waals surface area (Å²) in [6.07, 6.45) is 6.85. The van der Waals surface area contributed by atoms with Crippen LogP contribution in [0, 0.1) is 0 Å². The van der Waals surface area contributed by atoms with Crippen molar-refractivity contribution in [1.29, 1.82) is 0 Å². The van der Waals surface area contributed by atoms with Crippen LogP contribution in [0.5, 0.6) is 0 Å². The molecule has 4 amide bonds. The number of amides is 4. The Hall–Kier alpha value is -3.10. The second kappa shape index (κ2) is 10.5. The Labute approximate surface area is 212 Å². The average molecular weight is 499 g/mol. The lowest BCUT2D eigenvalue weighted by Crippen LogP contribution is -2.57. The molecule has 9 nitrogen and oxygen atoms in total. The summed E-state index contributed by atoms with van der Waals surface area (Å²) in [7, 11) is 0. The fourth-order valence-corrected chi connectivity index (χ4v) is 5.20. The monoisotopic (exact) mass is 498 g/mol. The zero-order valence-electron chi connectivity index (χ0n) is 21.5. The molecule has 36 heavy (non-hydrogen) atoms. The van der Waals surface area contributed by atoms with Gasteiger partial charge in [0.25, 0.3) is 5.91 Å². The third-order valence-corrected chi connectivity index (χ3v) is 7.06. The first-order chi connectivity index (χ1) is 17.1. The molecule has 3 aliphatic rings. The smallest absolute Gasteiger partial charge is 0.408 e. The molecule has 3 N–H and O–H groups in total. The third-order valence-electron chi connectivity index (χ3n) is 7.06. The van der Waals surface area contributed by atoms with Gasteiger partial charge in [0.1, 0.15) is 11.6 Å². The molecule has 1 aromatic rings. The van der Waals surface area contributed by atoms with Gasteiger partial charge >= 0.3 is 6.09 Å². The highest BCUT2D eigenvalue weighted by Gasteiger charge is 2.47. The van der Waals surface area contributed by atoms with Crippen LogP contribution < -0.4 is 16.0 Å². The van der Waals surface area contributed by atoms with Gasteiger partial charge in [0.15, 0.2) is 0 Å². The summed E-state index contributed by atoms with van der Waals surface area (Å²) >= 11 is 0. The van der Waals surface area contributed by atoms with Crippen LogP contribution in [0.2, 0.25) is 0 Å². The topological polar surface area (TPSA) is 117 Å². The highest BCUT2D eigenvalue weighted by Crippen LogP contribution is 2.41. The number of alkyl carbamates (subject to hydrolysis) is 1. The molecule has 1 heterocycles. The van der Waals surface area contributed by atoms with Crippen molar-refractivity contribution < 1.29 is 23.9 Å². The highest BCUT2D eigenvalue weighted by atomic mass is 16.6. The first-order valence-electron chi connectivity index (χ1n) is 13.1. The summed E-state index contributed by atoms with van der Waals surface area (Å²) in [4.78, 5) is 52.9. The van der Waals surface area contributed by atoms with Crippen molar-refractivity contribution in [3.8, 4) is 0 Å². The van der Waals surface area contributed by atoms with E-state index in [-0.39, 0.29) is 36.9 Å². The van der Waals surface area contributed by atoms with Gasteiger partial charge in [0.2, 0.25) is 11.8 Å². The van der Waals surface area contributed by atoms with E-state index >= 15 is 0 Å². The van der Waals surface area contributed by atoms with Crippen LogP contribution >= 0.6 is 0 Å². The number of benzene rings is 1. The Morgan fingerprint density at radius 2 is 1.69 bits per heavy atom. The highest BCUT2D eigenvalue weighted by molar-refractivity contribution is 6.05. The number of hydrogen-bond acceptors (Lipinski definition) is 5. The standard InChI is InChI=1S/C27H38N4O5/c1-26(2,3)36-25(35)30-27(14-8-4-5-9-15-27)17-29-21(32)16-28-23(33)22-19-10-6-7-11-20(19)24(34)31(22)18-12-13-18/h6-7,10-11,18,22H,4-5,8-9,12-17H2,1-3H3,(H,28,33)(H,29,32)(H,30,35). The number of nitrogens with zero attached hydrogens (tertiary/aromatic N) is 1. The Balaban J connectivity index is 1.35. The van der Waals surface area contributed by atoms with E-state index in [1.165, 1.54) is 0 Å². The van der Waals surface area contributed by atoms with E-state index < -0.39 is 23.3 Å². The molecule has 1 aromatic carbocycles. The van der Waals surface area contributed by atoms with E-state index in [1.807, 2.05) is 26.8 Å². The van der Waals surface area contributed by atoms with Crippen LogP contribution in [0.25, 0.3) is 0 Å². The van der Waals surface area contributed by atoms with Crippen molar-refractivity contribution in [2.24, 2.45) is 0 Å². The fraction of sp³-hybridized carbons (Fsp3) is 0.630. The lowest BCUT2D eigenvalue weighted by molar-refractivity contribution is -0.129. The summed E-state index contributed by atoms with van der Waals surface area (Å²) in [6.45, 7) is 5.51. The van der Waals surface area contributed by atoms with Gasteiger partial charge in [-0.3, -0.25) is 14.4 Å². The summed E-state index contributed by atoms with van der Waals surface area (Å²) in [5.41, 5.74) is 0.0414. The molecular weight excluding hydrogens is 460 g/mol. The normalized spacial score (nSPS) is 21.2. The lowest BCUT2D eigenvalue weighted by Gasteiger charge is -2.35. The summed E-state index contributed by atoms with van der Waals surface area (Å²) in [5.74, 6) is -0.818. The van der Waals surface area contributed by atoms with Crippen molar-refractivity contribution in [2.75, 3.05) is 13.1 Å². The van der Waals surface area contributed by atoms with E-state index in [0.717, 1.165) is 51.4 Å². The van der Waals surface area contributed by atoms with E-state index in [9.17, 15) is 19.2 Å². The Bertz CT molecular complexity index is 1010. The molecule has 4 rings (SSSR count). The van der Waals surface area contributed by atoms with Crippen molar-refractivity contribution in [1.82, 2.24) is 20.9 Å². The lowest BCUT2D eigenvalue weighted by atomic mass is 9.90. The van der Waals surface area contributed by atoms with Crippen molar-refractivity contribution in [2.45, 2.75) is 95.4 Å². The molecule has 1 aliphatic heterocycles. The number of carbonyl (C=O) groups excluding carboxylic acids is 4. The Kier molecular flexibility index (Phi) is 7.57. The molecule has 0 radical (unpaired) electrons. The molecule has 2 saturated carbocycles. The first-order valence-corrected chi connectivity index (χ1v) is 13.1. The van der Waals surface area contributed by atoms with E-state index in [1.54, 1.807) is 23.1 Å². The van der Waals surface area contributed by atoms with Gasteiger partial charge in [-0.25, -0.2) is 4.79 Å². The van der Waals surface area contributed by atoms with Crippen LogP contribution in [0.3, 0.4) is 0 Å². The van der Waals surface area contributed by atoms with Gasteiger partial charge in [-0.05, 0) is 58.1 Å². The van der Waals surface area contributed by atoms with Crippen molar-refractivity contribution >= 4 is 23.8 Å². The summed E-state index contributed by atoms with van der Waals surface area (Å²) in [5, 5.41) is 8.66. The predicted molar refractivity (Wildman–Crippen MR) is 134 cm³/mol. The Morgan fingerprint density at radius 3 is 2.33 bits per heavy atom. The van der Waals surface area contributed by atoms with E-state index in [0.29, 0.717) is 11.1 Å². The number of hydrogen-bond donors (Lipinski definition) is 3. The molecule has 0 bridgehead atoms. The number of carbonyl (C=O) groups is 4. The molecule has 2 aliphatic carbocycles. The summed E-state index contributed by atoms with van der Waals surface area (Å²) in [6, 6.07) is 6.53. The van der Waals surface area contributed by atoms with E-state index in [4.69, 9.17) is 4.74 Å². The number of rotatable bonds is 7. The third kappa shape index (κ3) is 6.17. The minimum absolute atomic E-state index is 0.0727. The van der Waals surface area contributed by atoms with Crippen LogP contribution in [-0.4, -0.2) is 59.0 Å². The second-order valence-corrected chi connectivity index (χ2v) is 11.2. The van der Waals surface area contributed by atoms with Gasteiger partial charge in [-0.15, -0.1) is 0 Å². The number of nitrogens with one attached hydrogen (secondary N) is 3. The quantitative estimate of drug-likeness (QED) is 0.499. The molecule has 0 aromatic heterocycles. The molecule has 0 saturated heterocycles. The number of ether oxygens (including phenoxy) is 1. The molecule has 196 valence electrons. The van der Waals surface area contributed by atoms with Gasteiger partial charge in [-0.1, -0.05) is 43.9 Å². The SMILES string of the molecule is CC(C)(C)OC(=O)NC1(CNC(=O)CNC(=O)C2c3ccccc3C(=O)N2C2CC2)CCCCCC1. The zero-order chi connectivity index (χ0) is 25.9. The van der Waals surface area contributed by atoms with Gasteiger partial charge in [0, 0.05) is 18.2 Å². The predicted octanol–water partition coefficient (Wildman–Crippen LogP) is 3.20. The zero-order valence-corrected chi connectivity index (χ0v) is 21.5. The van der Waals surface area contributed by atoms with Gasteiger partial charge < -0.3 is 25.6 Å². The van der Waals surface area contributed by atoms with Crippen LogP contribution in [0.15, 0.2) is 24.3 Å². The molecule has 1 atom stereocenters. The minimum Gasteiger partial charge on any atom is -0.444 e. The molecule has 2 fully saturated rings. The van der Waals surface area contributed by atoms with Crippen molar-refractivity contribution in [3.63, 3.8) is 0 Å². The van der Waals surface area contributed by atoms with E-state index in [2.05, 4.69) is 16.0 Å². The van der Waals surface area contributed by atoms with Crippen LogP contribution in [0.4, 0.5) is 4.79 Å². The van der Waals surface area contributed by atoms with Crippen LogP contribution in [-0.2, 0) is 14.3 Å². The molecule has 9 heteroatoms. The molecule has 1 unspecified atom stereocenters. The summed E-state index contributed by atoms with van der Waals surface area (Å²) < 4.78 is 5.47. The fourth-order valence-electron chi connectivity index (χ4n) is 5.20. The largest absolute Gasteiger partial charge is 0.444 e. The maximum absolute atomic E-state index is 13.1. The van der Waals surface area contributed by atoms with Gasteiger partial charge in [0.05, 0.1) is 12.1 Å². The molecule has 0 spiro atoms. The van der Waals surface area contributed by atoms with Crippen LogP contribution in [0.1, 0.15) is 94.1 Å². The number of fused-ring (bicyclic) bond motifs is 1. The van der Waals surface area contributed by atoms with Gasteiger partial charge in [-0.2, -0.15) is 0 Å². The van der Waals surface area contributed by atoms with Crippen molar-refractivity contribution in [3.05, 3.63) is 35.4 Å². The second-order valence-electron chi connectivity index (χ2n) is 11.2. The first kappa shape index (κ1) is 26.0. The minimum atomic E-state index is -0.712. The Morgan fingerprint density at radius 1 is 1.03 bits per heavy atom. The molecular formula is C27H38N4O5. The average Bonchev–Trinajstić information content (AvgIpc) is 3.63. The maximum atomic E-state index is 13.1. The maximum Gasteiger partial charge on any atom is 0.408 e.